The Morgan fingerprint density at radius 2 is 1.54 bits per heavy atom. The molecule has 0 aliphatic carbocycles. The van der Waals surface area contributed by atoms with E-state index >= 15 is 0 Å². The molecule has 1 aliphatic rings. The van der Waals surface area contributed by atoms with Crippen LogP contribution in [0.25, 0.3) is 0 Å². The Balaban J connectivity index is 1.95. The van der Waals surface area contributed by atoms with Crippen LogP contribution < -0.4 is 0 Å². The van der Waals surface area contributed by atoms with Crippen molar-refractivity contribution in [1.82, 2.24) is 0 Å². The molecule has 3 nitrogen and oxygen atoms in total. The van der Waals surface area contributed by atoms with Crippen LogP contribution in [0.5, 0.6) is 0 Å². The van der Waals surface area contributed by atoms with Gasteiger partial charge in [-0.2, -0.15) is 0 Å². The van der Waals surface area contributed by atoms with Crippen LogP contribution in [-0.2, 0) is 0 Å². The van der Waals surface area contributed by atoms with E-state index in [0.29, 0.717) is 0 Å². The van der Waals surface area contributed by atoms with Gasteiger partial charge < -0.3 is 5.11 Å². The van der Waals surface area contributed by atoms with Gasteiger partial charge in [0.15, 0.2) is 12.4 Å². The largest absolute Gasteiger partial charge is 0.345 e. The third-order valence-electron chi connectivity index (χ3n) is 6.10. The summed E-state index contributed by atoms with van der Waals surface area (Å²) in [6.07, 6.45) is 23.9. The lowest BCUT2D eigenvalue weighted by Crippen LogP contribution is -2.57. The van der Waals surface area contributed by atoms with E-state index < -0.39 is 0 Å². The van der Waals surface area contributed by atoms with E-state index in [1.54, 1.807) is 0 Å². The van der Waals surface area contributed by atoms with Gasteiger partial charge in [-0.3, -0.25) is 4.48 Å². The van der Waals surface area contributed by atoms with Crippen molar-refractivity contribution in [3.63, 3.8) is 0 Å². The normalized spacial score (nSPS) is 23.9. The first-order valence-corrected chi connectivity index (χ1v) is 11.4. The number of rotatable bonds is 16. The molecule has 0 fully saturated rings. The minimum Gasteiger partial charge on any atom is -0.345 e. The summed E-state index contributed by atoms with van der Waals surface area (Å²) in [5.74, 6) is 0. The molecule has 0 bridgehead atoms. The average molecular weight is 366 g/mol. The molecule has 0 amide bonds. The number of allylic oxidation sites excluding steroid dienone is 2. The van der Waals surface area contributed by atoms with Crippen LogP contribution in [0.1, 0.15) is 104 Å². The van der Waals surface area contributed by atoms with E-state index in [9.17, 15) is 5.11 Å². The van der Waals surface area contributed by atoms with Crippen molar-refractivity contribution in [2.45, 2.75) is 117 Å². The standard InChI is InChI=1S/C23H45N2O/c1-4-6-7-8-9-10-11-12-13-14-15-16-17-18-19-23-24-20-21-25(23,5-2)22(3)26/h8-9,20,22-23,26H,4-7,10-19,21H2,1-3H3/q+1/b9-8+. The van der Waals surface area contributed by atoms with Gasteiger partial charge in [-0.25, -0.2) is 4.99 Å². The highest BCUT2D eigenvalue weighted by molar-refractivity contribution is 5.60. The van der Waals surface area contributed by atoms with Gasteiger partial charge >= 0.3 is 0 Å². The molecule has 1 N–H and O–H groups in total. The molecule has 152 valence electrons. The van der Waals surface area contributed by atoms with Crippen molar-refractivity contribution in [2.75, 3.05) is 13.1 Å². The van der Waals surface area contributed by atoms with Gasteiger partial charge in [-0.1, -0.05) is 70.4 Å². The van der Waals surface area contributed by atoms with Crippen LogP contribution in [-0.4, -0.2) is 41.3 Å². The fraction of sp³-hybridized carbons (Fsp3) is 0.870. The van der Waals surface area contributed by atoms with Gasteiger partial charge in [-0.15, -0.1) is 0 Å². The molecule has 26 heavy (non-hydrogen) atoms. The molecule has 3 heteroatoms. The number of quaternary nitrogens is 1. The molecule has 1 aliphatic heterocycles. The molecule has 1 rings (SSSR count). The SMILES string of the molecule is CCCC/C=C/CCCCCCCCCCC1N=CC[N+]1(CC)C(C)O. The number of hydrogen-bond donors (Lipinski definition) is 1. The third kappa shape index (κ3) is 8.35. The first-order valence-electron chi connectivity index (χ1n) is 11.4. The fourth-order valence-electron chi connectivity index (χ4n) is 4.12. The Hall–Kier alpha value is -0.670. The fourth-order valence-corrected chi connectivity index (χ4v) is 4.12. The molecular formula is C23H45N2O+. The number of aliphatic hydroxyl groups is 1. The van der Waals surface area contributed by atoms with Crippen molar-refractivity contribution < 1.29 is 9.59 Å². The number of aliphatic hydroxyl groups excluding tert-OH is 1. The predicted molar refractivity (Wildman–Crippen MR) is 114 cm³/mol. The molecule has 0 saturated heterocycles. The van der Waals surface area contributed by atoms with Crippen LogP contribution in [0.2, 0.25) is 0 Å². The van der Waals surface area contributed by atoms with Crippen molar-refractivity contribution in [3.8, 4) is 0 Å². The van der Waals surface area contributed by atoms with Crippen molar-refractivity contribution in [3.05, 3.63) is 12.2 Å². The zero-order chi connectivity index (χ0) is 19.1. The summed E-state index contributed by atoms with van der Waals surface area (Å²) in [6, 6.07) is 0. The highest BCUT2D eigenvalue weighted by atomic mass is 16.3. The maximum Gasteiger partial charge on any atom is 0.189 e. The van der Waals surface area contributed by atoms with Crippen LogP contribution >= 0.6 is 0 Å². The molecule has 0 spiro atoms. The van der Waals surface area contributed by atoms with E-state index in [4.69, 9.17) is 0 Å². The summed E-state index contributed by atoms with van der Waals surface area (Å²) < 4.78 is 0.743. The molecular weight excluding hydrogens is 320 g/mol. The highest BCUT2D eigenvalue weighted by Gasteiger charge is 2.41. The smallest absolute Gasteiger partial charge is 0.189 e. The average Bonchev–Trinajstić information content (AvgIpc) is 3.06. The third-order valence-corrected chi connectivity index (χ3v) is 6.10. The summed E-state index contributed by atoms with van der Waals surface area (Å²) in [5, 5.41) is 10.2. The predicted octanol–water partition coefficient (Wildman–Crippen LogP) is 6.22. The van der Waals surface area contributed by atoms with Crippen LogP contribution in [0, 0.1) is 0 Å². The zero-order valence-corrected chi connectivity index (χ0v) is 17.8. The molecule has 3 atom stereocenters. The maximum atomic E-state index is 10.2. The van der Waals surface area contributed by atoms with E-state index in [1.807, 2.05) is 13.1 Å². The first kappa shape index (κ1) is 23.4. The molecule has 0 aromatic rings. The van der Waals surface area contributed by atoms with E-state index in [0.717, 1.165) is 24.0 Å². The van der Waals surface area contributed by atoms with Gasteiger partial charge in [-0.05, 0) is 32.6 Å². The minimum atomic E-state index is -0.311. The second-order valence-corrected chi connectivity index (χ2v) is 8.07. The highest BCUT2D eigenvalue weighted by Crippen LogP contribution is 2.26. The molecule has 0 aromatic heterocycles. The van der Waals surface area contributed by atoms with Gasteiger partial charge in [0, 0.05) is 13.3 Å². The molecule has 0 saturated carbocycles. The van der Waals surface area contributed by atoms with Crippen LogP contribution in [0.4, 0.5) is 0 Å². The molecule has 0 aromatic carbocycles. The maximum absolute atomic E-state index is 10.2. The summed E-state index contributed by atoms with van der Waals surface area (Å²) in [7, 11) is 0. The number of nitrogens with zero attached hydrogens (tertiary/aromatic N) is 2. The van der Waals surface area contributed by atoms with Gasteiger partial charge in [0.1, 0.15) is 6.54 Å². The second-order valence-electron chi connectivity index (χ2n) is 8.07. The van der Waals surface area contributed by atoms with Crippen molar-refractivity contribution in [1.29, 1.82) is 0 Å². The summed E-state index contributed by atoms with van der Waals surface area (Å²) in [4.78, 5) is 4.66. The Labute approximate surface area is 163 Å². The minimum absolute atomic E-state index is 0.283. The van der Waals surface area contributed by atoms with Gasteiger partial charge in [0.2, 0.25) is 0 Å². The first-order chi connectivity index (χ1) is 12.7. The summed E-state index contributed by atoms with van der Waals surface area (Å²) in [5.41, 5.74) is 0. The van der Waals surface area contributed by atoms with Crippen molar-refractivity contribution in [2.24, 2.45) is 4.99 Å². The van der Waals surface area contributed by atoms with E-state index in [1.165, 1.54) is 77.0 Å². The van der Waals surface area contributed by atoms with Crippen molar-refractivity contribution >= 4 is 6.21 Å². The Morgan fingerprint density at radius 1 is 0.962 bits per heavy atom. The lowest BCUT2D eigenvalue weighted by Gasteiger charge is -2.40. The number of unbranched alkanes of at least 4 members (excludes halogenated alkanes) is 10. The Bertz CT molecular complexity index is 392. The summed E-state index contributed by atoms with van der Waals surface area (Å²) >= 11 is 0. The Morgan fingerprint density at radius 3 is 2.12 bits per heavy atom. The van der Waals surface area contributed by atoms with E-state index in [2.05, 4.69) is 31.0 Å². The number of hydrogen-bond acceptors (Lipinski definition) is 2. The van der Waals surface area contributed by atoms with Gasteiger partial charge in [0.05, 0.1) is 12.8 Å². The monoisotopic (exact) mass is 365 g/mol. The lowest BCUT2D eigenvalue weighted by molar-refractivity contribution is -0.976. The second kappa shape index (κ2) is 14.4. The molecule has 1 heterocycles. The Kier molecular flexibility index (Phi) is 12.9. The number of aliphatic imine (C=N–C) groups is 1. The molecule has 0 radical (unpaired) electrons. The van der Waals surface area contributed by atoms with Crippen LogP contribution in [0.15, 0.2) is 17.1 Å². The van der Waals surface area contributed by atoms with Gasteiger partial charge in [0.25, 0.3) is 0 Å². The van der Waals surface area contributed by atoms with Crippen LogP contribution in [0.3, 0.4) is 0 Å². The summed E-state index contributed by atoms with van der Waals surface area (Å²) in [6.45, 7) is 8.22. The topological polar surface area (TPSA) is 32.6 Å². The zero-order valence-electron chi connectivity index (χ0n) is 17.8. The quantitative estimate of drug-likeness (QED) is 0.196. The lowest BCUT2D eigenvalue weighted by atomic mass is 10.0. The van der Waals surface area contributed by atoms with E-state index in [-0.39, 0.29) is 12.4 Å². The molecule has 3 unspecified atom stereocenters.